The Hall–Kier alpha value is -2.76. The molecule has 6 nitrogen and oxygen atoms in total. The smallest absolute Gasteiger partial charge is 0.253 e. The van der Waals surface area contributed by atoms with Crippen LogP contribution in [0.3, 0.4) is 0 Å². The maximum atomic E-state index is 12.6. The molecule has 24 heavy (non-hydrogen) atoms. The van der Waals surface area contributed by atoms with E-state index in [1.165, 1.54) is 18.0 Å². The summed E-state index contributed by atoms with van der Waals surface area (Å²) in [6, 6.07) is 9.75. The summed E-state index contributed by atoms with van der Waals surface area (Å²) >= 11 is 0. The largest absolute Gasteiger partial charge is 0.345 e. The summed E-state index contributed by atoms with van der Waals surface area (Å²) in [4.78, 5) is 26.2. The molecule has 0 radical (unpaired) electrons. The van der Waals surface area contributed by atoms with E-state index in [1.54, 1.807) is 13.0 Å². The van der Waals surface area contributed by atoms with E-state index < -0.39 is 0 Å². The van der Waals surface area contributed by atoms with Crippen molar-refractivity contribution in [2.24, 2.45) is 5.92 Å². The standard InChI is InChI=1S/C18H18N4O2/c1-11(23)22-9-15-13-4-2-3-5-14(13)17(16(15)10-22)21-18(24)12-6-7-19-20-8-12/h2-8,15-17H,9-10H2,1H3,(H,21,24)/t15-,16-,17-/m0/s1. The Morgan fingerprint density at radius 1 is 1.12 bits per heavy atom. The number of benzene rings is 1. The lowest BCUT2D eigenvalue weighted by atomic mass is 9.94. The monoisotopic (exact) mass is 322 g/mol. The minimum atomic E-state index is -0.161. The summed E-state index contributed by atoms with van der Waals surface area (Å²) in [5, 5.41) is 10.6. The normalized spacial score (nSPS) is 24.4. The van der Waals surface area contributed by atoms with Crippen LogP contribution in [0.1, 0.15) is 40.4 Å². The third-order valence-electron chi connectivity index (χ3n) is 5.10. The van der Waals surface area contributed by atoms with E-state index in [-0.39, 0.29) is 29.7 Å². The van der Waals surface area contributed by atoms with E-state index >= 15 is 0 Å². The number of carbonyl (C=O) groups excluding carboxylic acids is 2. The lowest BCUT2D eigenvalue weighted by molar-refractivity contribution is -0.128. The average Bonchev–Trinajstić information content (AvgIpc) is 3.15. The fourth-order valence-corrected chi connectivity index (χ4v) is 3.95. The quantitative estimate of drug-likeness (QED) is 0.910. The van der Waals surface area contributed by atoms with Gasteiger partial charge in [0.2, 0.25) is 5.91 Å². The first-order valence-corrected chi connectivity index (χ1v) is 8.07. The van der Waals surface area contributed by atoms with Crippen LogP contribution in [0.25, 0.3) is 0 Å². The molecule has 1 N–H and O–H groups in total. The van der Waals surface area contributed by atoms with Crippen molar-refractivity contribution in [1.82, 2.24) is 20.4 Å². The number of nitrogens with zero attached hydrogens (tertiary/aromatic N) is 3. The van der Waals surface area contributed by atoms with Crippen molar-refractivity contribution in [2.75, 3.05) is 13.1 Å². The van der Waals surface area contributed by atoms with Crippen molar-refractivity contribution in [3.63, 3.8) is 0 Å². The highest BCUT2D eigenvalue weighted by Crippen LogP contribution is 2.49. The highest BCUT2D eigenvalue weighted by Gasteiger charge is 2.47. The second kappa shape index (κ2) is 5.70. The Kier molecular flexibility index (Phi) is 3.52. The summed E-state index contributed by atoms with van der Waals surface area (Å²) in [6.07, 6.45) is 2.97. The van der Waals surface area contributed by atoms with Crippen molar-refractivity contribution in [3.8, 4) is 0 Å². The van der Waals surface area contributed by atoms with Gasteiger partial charge < -0.3 is 10.2 Å². The van der Waals surface area contributed by atoms with Gasteiger partial charge in [0.15, 0.2) is 0 Å². The van der Waals surface area contributed by atoms with Crippen LogP contribution in [0.4, 0.5) is 0 Å². The molecule has 0 bridgehead atoms. The number of aromatic nitrogens is 2. The molecule has 1 aliphatic heterocycles. The number of amides is 2. The number of hydrogen-bond donors (Lipinski definition) is 1. The molecule has 1 aromatic heterocycles. The van der Waals surface area contributed by atoms with Crippen LogP contribution < -0.4 is 5.32 Å². The molecule has 1 fully saturated rings. The molecule has 122 valence electrons. The molecule has 1 saturated heterocycles. The fourth-order valence-electron chi connectivity index (χ4n) is 3.95. The second-order valence-electron chi connectivity index (χ2n) is 6.41. The van der Waals surface area contributed by atoms with Crippen molar-refractivity contribution < 1.29 is 9.59 Å². The Morgan fingerprint density at radius 3 is 2.62 bits per heavy atom. The number of nitrogens with one attached hydrogen (secondary N) is 1. The zero-order chi connectivity index (χ0) is 16.7. The molecular formula is C18H18N4O2. The van der Waals surface area contributed by atoms with Crippen molar-refractivity contribution in [2.45, 2.75) is 18.9 Å². The topological polar surface area (TPSA) is 75.2 Å². The minimum Gasteiger partial charge on any atom is -0.345 e. The molecule has 4 rings (SSSR count). The third-order valence-corrected chi connectivity index (χ3v) is 5.10. The highest BCUT2D eigenvalue weighted by molar-refractivity contribution is 5.94. The Labute approximate surface area is 139 Å². The second-order valence-corrected chi connectivity index (χ2v) is 6.41. The van der Waals surface area contributed by atoms with Gasteiger partial charge in [0.1, 0.15) is 0 Å². The van der Waals surface area contributed by atoms with Gasteiger partial charge in [-0.05, 0) is 17.2 Å². The van der Waals surface area contributed by atoms with Crippen molar-refractivity contribution in [3.05, 3.63) is 59.4 Å². The third kappa shape index (κ3) is 2.35. The number of carbonyl (C=O) groups is 2. The lowest BCUT2D eigenvalue weighted by Crippen LogP contribution is -2.34. The molecule has 3 atom stereocenters. The molecule has 2 amide bonds. The van der Waals surface area contributed by atoms with E-state index in [4.69, 9.17) is 0 Å². The predicted octanol–water partition coefficient (Wildman–Crippen LogP) is 1.52. The van der Waals surface area contributed by atoms with Crippen LogP contribution in [0.2, 0.25) is 0 Å². The van der Waals surface area contributed by atoms with E-state index in [0.29, 0.717) is 12.1 Å². The van der Waals surface area contributed by atoms with Crippen LogP contribution >= 0.6 is 0 Å². The summed E-state index contributed by atoms with van der Waals surface area (Å²) < 4.78 is 0. The van der Waals surface area contributed by atoms with Gasteiger partial charge in [-0.3, -0.25) is 9.59 Å². The molecule has 2 aliphatic rings. The van der Waals surface area contributed by atoms with Gasteiger partial charge in [0.25, 0.3) is 5.91 Å². The Morgan fingerprint density at radius 2 is 1.92 bits per heavy atom. The Balaban J connectivity index is 1.64. The van der Waals surface area contributed by atoms with Gasteiger partial charge in [-0.1, -0.05) is 24.3 Å². The maximum Gasteiger partial charge on any atom is 0.253 e. The summed E-state index contributed by atoms with van der Waals surface area (Å²) in [5.41, 5.74) is 2.89. The van der Waals surface area contributed by atoms with Crippen molar-refractivity contribution in [1.29, 1.82) is 0 Å². The molecule has 1 aromatic carbocycles. The van der Waals surface area contributed by atoms with E-state index in [1.807, 2.05) is 17.0 Å². The van der Waals surface area contributed by atoms with E-state index in [9.17, 15) is 9.59 Å². The minimum absolute atomic E-state index is 0.0868. The van der Waals surface area contributed by atoms with Gasteiger partial charge in [-0.25, -0.2) is 0 Å². The number of likely N-dealkylation sites (tertiary alicyclic amines) is 1. The van der Waals surface area contributed by atoms with Crippen LogP contribution in [-0.2, 0) is 4.79 Å². The van der Waals surface area contributed by atoms with Crippen LogP contribution in [0.5, 0.6) is 0 Å². The SMILES string of the molecule is CC(=O)N1C[C@H]2[C@@H](C1)c1ccccc1[C@@H]2NC(=O)c1ccnnc1. The molecule has 0 spiro atoms. The molecule has 2 aromatic rings. The zero-order valence-electron chi connectivity index (χ0n) is 13.3. The molecule has 1 aliphatic carbocycles. The molecule has 0 unspecified atom stereocenters. The molecular weight excluding hydrogens is 304 g/mol. The zero-order valence-corrected chi connectivity index (χ0v) is 13.3. The highest BCUT2D eigenvalue weighted by atomic mass is 16.2. The van der Waals surface area contributed by atoms with Crippen molar-refractivity contribution >= 4 is 11.8 Å². The lowest BCUT2D eigenvalue weighted by Gasteiger charge is -2.22. The number of rotatable bonds is 2. The molecule has 0 saturated carbocycles. The summed E-state index contributed by atoms with van der Waals surface area (Å²) in [6.45, 7) is 3.00. The first-order valence-electron chi connectivity index (χ1n) is 8.07. The number of hydrogen-bond acceptors (Lipinski definition) is 4. The maximum absolute atomic E-state index is 12.6. The Bertz CT molecular complexity index is 793. The predicted molar refractivity (Wildman–Crippen MR) is 87.2 cm³/mol. The van der Waals surface area contributed by atoms with Gasteiger partial charge in [-0.15, -0.1) is 0 Å². The fraction of sp³-hybridized carbons (Fsp3) is 0.333. The van der Waals surface area contributed by atoms with Gasteiger partial charge in [0.05, 0.1) is 24.0 Å². The van der Waals surface area contributed by atoms with E-state index in [0.717, 1.165) is 12.1 Å². The van der Waals surface area contributed by atoms with Crippen LogP contribution in [0, 0.1) is 5.92 Å². The van der Waals surface area contributed by atoms with Gasteiger partial charge >= 0.3 is 0 Å². The molecule has 2 heterocycles. The first-order chi connectivity index (χ1) is 11.6. The van der Waals surface area contributed by atoms with Gasteiger partial charge in [-0.2, -0.15) is 10.2 Å². The first kappa shape index (κ1) is 14.8. The summed E-state index contributed by atoms with van der Waals surface area (Å²) in [7, 11) is 0. The van der Waals surface area contributed by atoms with Crippen LogP contribution in [-0.4, -0.2) is 40.0 Å². The van der Waals surface area contributed by atoms with Crippen LogP contribution in [0.15, 0.2) is 42.7 Å². The summed E-state index contributed by atoms with van der Waals surface area (Å²) in [5.74, 6) is 0.424. The molecule has 6 heteroatoms. The number of fused-ring (bicyclic) bond motifs is 3. The van der Waals surface area contributed by atoms with Gasteiger partial charge in [0, 0.05) is 31.8 Å². The van der Waals surface area contributed by atoms with E-state index in [2.05, 4.69) is 27.6 Å². The average molecular weight is 322 g/mol.